The number of nitrogens with zero attached hydrogens (tertiary/aromatic N) is 2. The lowest BCUT2D eigenvalue weighted by Crippen LogP contribution is -1.88. The van der Waals surface area contributed by atoms with Crippen molar-refractivity contribution >= 4 is 11.9 Å². The summed E-state index contributed by atoms with van der Waals surface area (Å²) in [6.07, 6.45) is 4.68. The fraction of sp³-hybridized carbons (Fsp3) is 0. The highest BCUT2D eigenvalue weighted by atomic mass is 14.8. The second kappa shape index (κ2) is 3.37. The Bertz CT molecular complexity index is 309. The van der Waals surface area contributed by atoms with E-state index >= 15 is 0 Å². The van der Waals surface area contributed by atoms with Crippen LogP contribution in [0.1, 0.15) is 5.56 Å². The maximum atomic E-state index is 8.21. The SMILES string of the molecule is N#CC=Cc1ccnc(N)c1. The first-order valence-corrected chi connectivity index (χ1v) is 3.10. The molecular weight excluding hydrogens is 138 g/mol. The van der Waals surface area contributed by atoms with Crippen molar-refractivity contribution in [3.63, 3.8) is 0 Å². The molecule has 0 aliphatic heterocycles. The van der Waals surface area contributed by atoms with E-state index in [1.807, 2.05) is 6.07 Å². The van der Waals surface area contributed by atoms with Crippen LogP contribution >= 0.6 is 0 Å². The van der Waals surface area contributed by atoms with Crippen LogP contribution in [0.4, 0.5) is 5.82 Å². The number of pyridine rings is 1. The zero-order valence-corrected chi connectivity index (χ0v) is 5.86. The van der Waals surface area contributed by atoms with E-state index < -0.39 is 0 Å². The molecule has 1 rings (SSSR count). The lowest BCUT2D eigenvalue weighted by atomic mass is 10.2. The summed E-state index contributed by atoms with van der Waals surface area (Å²) in [6.45, 7) is 0. The van der Waals surface area contributed by atoms with Crippen LogP contribution in [0.3, 0.4) is 0 Å². The molecule has 11 heavy (non-hydrogen) atoms. The number of anilines is 1. The number of nitriles is 1. The predicted molar refractivity (Wildman–Crippen MR) is 43.3 cm³/mol. The van der Waals surface area contributed by atoms with Gasteiger partial charge in [0.05, 0.1) is 6.07 Å². The van der Waals surface area contributed by atoms with E-state index in [1.165, 1.54) is 6.08 Å². The third-order valence-corrected chi connectivity index (χ3v) is 1.16. The molecule has 0 fully saturated rings. The molecule has 2 N–H and O–H groups in total. The molecule has 0 bridgehead atoms. The number of hydrogen-bond acceptors (Lipinski definition) is 3. The first kappa shape index (κ1) is 7.29. The minimum atomic E-state index is 0.463. The van der Waals surface area contributed by atoms with E-state index in [4.69, 9.17) is 11.0 Å². The van der Waals surface area contributed by atoms with Crippen molar-refractivity contribution in [2.24, 2.45) is 0 Å². The van der Waals surface area contributed by atoms with Gasteiger partial charge in [-0.1, -0.05) is 0 Å². The van der Waals surface area contributed by atoms with Crippen molar-refractivity contribution in [2.45, 2.75) is 0 Å². The number of hydrogen-bond donors (Lipinski definition) is 1. The third kappa shape index (κ3) is 2.11. The molecule has 0 amide bonds. The van der Waals surface area contributed by atoms with Crippen molar-refractivity contribution < 1.29 is 0 Å². The highest BCUT2D eigenvalue weighted by Crippen LogP contribution is 2.03. The molecule has 3 heteroatoms. The highest BCUT2D eigenvalue weighted by molar-refractivity contribution is 5.54. The topological polar surface area (TPSA) is 62.7 Å². The van der Waals surface area contributed by atoms with Gasteiger partial charge in [0.25, 0.3) is 0 Å². The first-order valence-electron chi connectivity index (χ1n) is 3.10. The minimum absolute atomic E-state index is 0.463. The van der Waals surface area contributed by atoms with Crippen LogP contribution in [0.2, 0.25) is 0 Å². The second-order valence-corrected chi connectivity index (χ2v) is 1.98. The van der Waals surface area contributed by atoms with Crippen LogP contribution < -0.4 is 5.73 Å². The number of rotatable bonds is 1. The molecule has 0 aliphatic carbocycles. The Morgan fingerprint density at radius 1 is 1.64 bits per heavy atom. The summed E-state index contributed by atoms with van der Waals surface area (Å²) in [5, 5.41) is 8.21. The smallest absolute Gasteiger partial charge is 0.123 e. The van der Waals surface area contributed by atoms with E-state index in [0.717, 1.165) is 5.56 Å². The Morgan fingerprint density at radius 2 is 2.45 bits per heavy atom. The largest absolute Gasteiger partial charge is 0.384 e. The molecule has 0 spiro atoms. The predicted octanol–water partition coefficient (Wildman–Crippen LogP) is 1.20. The number of allylic oxidation sites excluding steroid dienone is 1. The first-order chi connectivity index (χ1) is 5.33. The summed E-state index contributed by atoms with van der Waals surface area (Å²) in [5.41, 5.74) is 6.29. The van der Waals surface area contributed by atoms with Crippen LogP contribution in [0.5, 0.6) is 0 Å². The Kier molecular flexibility index (Phi) is 2.24. The Morgan fingerprint density at radius 3 is 3.09 bits per heavy atom. The molecule has 0 saturated heterocycles. The van der Waals surface area contributed by atoms with Gasteiger partial charge in [-0.3, -0.25) is 0 Å². The fourth-order valence-electron chi connectivity index (χ4n) is 0.703. The molecule has 0 unspecified atom stereocenters. The standard InChI is InChI=1S/C8H7N3/c9-4-1-2-7-3-5-11-8(10)6-7/h1-3,5-6H,(H2,10,11). The fourth-order valence-corrected chi connectivity index (χ4v) is 0.703. The van der Waals surface area contributed by atoms with E-state index in [1.54, 1.807) is 24.4 Å². The number of nitrogen functional groups attached to an aromatic ring is 1. The number of nitrogens with two attached hydrogens (primary N) is 1. The highest BCUT2D eigenvalue weighted by Gasteiger charge is 1.86. The Hall–Kier alpha value is -1.82. The number of aromatic nitrogens is 1. The Balaban J connectivity index is 2.90. The van der Waals surface area contributed by atoms with Gasteiger partial charge in [0.2, 0.25) is 0 Å². The van der Waals surface area contributed by atoms with E-state index in [-0.39, 0.29) is 0 Å². The molecule has 0 aliphatic rings. The summed E-state index contributed by atoms with van der Waals surface area (Å²) >= 11 is 0. The van der Waals surface area contributed by atoms with Crippen molar-refractivity contribution in [3.05, 3.63) is 30.0 Å². The normalized spacial score (nSPS) is 9.73. The van der Waals surface area contributed by atoms with Crippen molar-refractivity contribution in [1.29, 1.82) is 5.26 Å². The van der Waals surface area contributed by atoms with Gasteiger partial charge in [0.15, 0.2) is 0 Å². The molecule has 1 heterocycles. The summed E-state index contributed by atoms with van der Waals surface area (Å²) in [5.74, 6) is 0.463. The molecule has 0 aromatic carbocycles. The Labute approximate surface area is 64.8 Å². The monoisotopic (exact) mass is 145 g/mol. The van der Waals surface area contributed by atoms with Crippen molar-refractivity contribution in [2.75, 3.05) is 5.73 Å². The zero-order valence-electron chi connectivity index (χ0n) is 5.86. The van der Waals surface area contributed by atoms with E-state index in [0.29, 0.717) is 5.82 Å². The third-order valence-electron chi connectivity index (χ3n) is 1.16. The van der Waals surface area contributed by atoms with Gasteiger partial charge < -0.3 is 5.73 Å². The van der Waals surface area contributed by atoms with Crippen LogP contribution in [0.15, 0.2) is 24.4 Å². The average molecular weight is 145 g/mol. The summed E-state index contributed by atoms with van der Waals surface area (Å²) in [6, 6.07) is 5.38. The second-order valence-electron chi connectivity index (χ2n) is 1.98. The van der Waals surface area contributed by atoms with E-state index in [9.17, 15) is 0 Å². The lowest BCUT2D eigenvalue weighted by molar-refractivity contribution is 1.33. The summed E-state index contributed by atoms with van der Waals surface area (Å²) in [4.78, 5) is 3.81. The van der Waals surface area contributed by atoms with Gasteiger partial charge in [-0.25, -0.2) is 4.98 Å². The maximum absolute atomic E-state index is 8.21. The average Bonchev–Trinajstić information content (AvgIpc) is 2.01. The lowest BCUT2D eigenvalue weighted by Gasteiger charge is -1.92. The van der Waals surface area contributed by atoms with Crippen LogP contribution in [-0.2, 0) is 0 Å². The van der Waals surface area contributed by atoms with Crippen LogP contribution in [-0.4, -0.2) is 4.98 Å². The molecular formula is C8H7N3. The molecule has 1 aromatic rings. The molecule has 54 valence electrons. The zero-order chi connectivity index (χ0) is 8.10. The maximum Gasteiger partial charge on any atom is 0.123 e. The van der Waals surface area contributed by atoms with Gasteiger partial charge in [-0.2, -0.15) is 5.26 Å². The molecule has 1 aromatic heterocycles. The van der Waals surface area contributed by atoms with Gasteiger partial charge in [-0.15, -0.1) is 0 Å². The van der Waals surface area contributed by atoms with Crippen LogP contribution in [0, 0.1) is 11.3 Å². The minimum Gasteiger partial charge on any atom is -0.384 e. The molecule has 3 nitrogen and oxygen atoms in total. The van der Waals surface area contributed by atoms with Crippen molar-refractivity contribution in [3.8, 4) is 6.07 Å². The van der Waals surface area contributed by atoms with Crippen LogP contribution in [0.25, 0.3) is 6.08 Å². The van der Waals surface area contributed by atoms with Crippen molar-refractivity contribution in [1.82, 2.24) is 4.98 Å². The van der Waals surface area contributed by atoms with Gasteiger partial charge >= 0.3 is 0 Å². The van der Waals surface area contributed by atoms with Gasteiger partial charge in [-0.05, 0) is 23.8 Å². The van der Waals surface area contributed by atoms with Gasteiger partial charge in [0.1, 0.15) is 5.82 Å². The summed E-state index contributed by atoms with van der Waals surface area (Å²) < 4.78 is 0. The van der Waals surface area contributed by atoms with Gasteiger partial charge in [0, 0.05) is 12.3 Å². The molecule has 0 radical (unpaired) electrons. The summed E-state index contributed by atoms with van der Waals surface area (Å²) in [7, 11) is 0. The molecule has 0 saturated carbocycles. The van der Waals surface area contributed by atoms with E-state index in [2.05, 4.69) is 4.98 Å². The quantitative estimate of drug-likeness (QED) is 0.604. The molecule has 0 atom stereocenters.